The Morgan fingerprint density at radius 1 is 1.16 bits per heavy atom. The molecule has 2 aromatic heterocycles. The summed E-state index contributed by atoms with van der Waals surface area (Å²) in [5.74, 6) is 0.146. The third kappa shape index (κ3) is 5.48. The van der Waals surface area contributed by atoms with Crippen molar-refractivity contribution in [3.05, 3.63) is 71.2 Å². The fourth-order valence-corrected chi connectivity index (χ4v) is 2.92. The second-order valence-electron chi connectivity index (χ2n) is 7.32. The molecule has 0 radical (unpaired) electrons. The van der Waals surface area contributed by atoms with Gasteiger partial charge in [0.15, 0.2) is 18.3 Å². The molecule has 0 atom stereocenters. The topological polar surface area (TPSA) is 128 Å². The number of hydrogen-bond donors (Lipinski definition) is 2. The van der Waals surface area contributed by atoms with E-state index in [1.807, 2.05) is 19.9 Å². The highest BCUT2D eigenvalue weighted by atomic mass is 16.6. The van der Waals surface area contributed by atoms with E-state index in [4.69, 9.17) is 10.6 Å². The molecule has 0 aliphatic rings. The van der Waals surface area contributed by atoms with Gasteiger partial charge in [0.05, 0.1) is 5.69 Å². The zero-order valence-corrected chi connectivity index (χ0v) is 18.4. The van der Waals surface area contributed by atoms with Crippen molar-refractivity contribution in [2.24, 2.45) is 10.9 Å². The fourth-order valence-electron chi connectivity index (χ4n) is 2.92. The summed E-state index contributed by atoms with van der Waals surface area (Å²) in [7, 11) is 3.32. The van der Waals surface area contributed by atoms with Crippen LogP contribution in [0.4, 0.5) is 5.69 Å². The Bertz CT molecular complexity index is 1150. The number of anilines is 1. The second-order valence-corrected chi connectivity index (χ2v) is 7.32. The molecule has 10 nitrogen and oxygen atoms in total. The van der Waals surface area contributed by atoms with E-state index in [1.165, 1.54) is 4.90 Å². The summed E-state index contributed by atoms with van der Waals surface area (Å²) in [5, 5.41) is 10.8. The number of nitrogens with zero attached hydrogens (tertiary/aromatic N) is 5. The van der Waals surface area contributed by atoms with Crippen LogP contribution in [0.25, 0.3) is 5.82 Å². The van der Waals surface area contributed by atoms with Crippen molar-refractivity contribution >= 4 is 23.3 Å². The lowest BCUT2D eigenvalue weighted by Crippen LogP contribution is -2.22. The van der Waals surface area contributed by atoms with Crippen LogP contribution in [-0.4, -0.2) is 58.0 Å². The van der Waals surface area contributed by atoms with E-state index >= 15 is 0 Å². The molecule has 2 heterocycles. The van der Waals surface area contributed by atoms with Gasteiger partial charge in [0.25, 0.3) is 11.8 Å². The molecule has 0 spiro atoms. The van der Waals surface area contributed by atoms with E-state index in [2.05, 4.69) is 20.6 Å². The average molecular weight is 435 g/mol. The highest BCUT2D eigenvalue weighted by Crippen LogP contribution is 2.12. The van der Waals surface area contributed by atoms with Gasteiger partial charge in [0.2, 0.25) is 0 Å². The predicted molar refractivity (Wildman–Crippen MR) is 121 cm³/mol. The number of carbonyl (C=O) groups excluding carboxylic acids is 2. The first kappa shape index (κ1) is 22.5. The first-order chi connectivity index (χ1) is 15.2. The molecular formula is C22H25N7O3. The average Bonchev–Trinajstić information content (AvgIpc) is 3.11. The Kier molecular flexibility index (Phi) is 6.83. The van der Waals surface area contributed by atoms with Gasteiger partial charge in [-0.3, -0.25) is 9.59 Å². The lowest BCUT2D eigenvalue weighted by Gasteiger charge is -2.11. The summed E-state index contributed by atoms with van der Waals surface area (Å²) in [5.41, 5.74) is 9.29. The molecule has 0 aliphatic carbocycles. The molecule has 0 saturated carbocycles. The van der Waals surface area contributed by atoms with E-state index in [9.17, 15) is 9.59 Å². The van der Waals surface area contributed by atoms with Crippen molar-refractivity contribution in [3.8, 4) is 5.82 Å². The van der Waals surface area contributed by atoms with Crippen molar-refractivity contribution in [3.63, 3.8) is 0 Å². The highest BCUT2D eigenvalue weighted by Gasteiger charge is 2.10. The molecule has 10 heteroatoms. The number of pyridine rings is 1. The van der Waals surface area contributed by atoms with Crippen molar-refractivity contribution in [2.45, 2.75) is 13.8 Å². The van der Waals surface area contributed by atoms with E-state index in [1.54, 1.807) is 61.4 Å². The molecule has 0 bridgehead atoms. The third-order valence-corrected chi connectivity index (χ3v) is 4.43. The van der Waals surface area contributed by atoms with Crippen molar-refractivity contribution in [1.82, 2.24) is 19.7 Å². The number of aryl methyl sites for hydroxylation is 2. The number of benzene rings is 1. The van der Waals surface area contributed by atoms with Gasteiger partial charge in [-0.2, -0.15) is 5.10 Å². The van der Waals surface area contributed by atoms with Crippen molar-refractivity contribution in [2.75, 3.05) is 26.0 Å². The Labute approximate surface area is 185 Å². The van der Waals surface area contributed by atoms with Crippen LogP contribution in [-0.2, 0) is 9.63 Å². The number of amides is 2. The van der Waals surface area contributed by atoms with Gasteiger partial charge in [-0.05, 0) is 50.2 Å². The standard InChI is InChI=1S/C22H25N7O3/c1-14-10-15(2)29(26-14)19-9-8-17(12-24-19)21(23)27-32-13-20(30)25-18-7-5-6-16(11-18)22(31)28(3)4/h5-12H,13H2,1-4H3,(H2,23,27)(H,25,30). The zero-order valence-electron chi connectivity index (χ0n) is 18.4. The minimum absolute atomic E-state index is 0.0868. The van der Waals surface area contributed by atoms with E-state index in [-0.39, 0.29) is 18.3 Å². The molecule has 0 fully saturated rings. The maximum absolute atomic E-state index is 12.1. The minimum atomic E-state index is -0.436. The molecule has 3 N–H and O–H groups in total. The lowest BCUT2D eigenvalue weighted by molar-refractivity contribution is -0.120. The second kappa shape index (κ2) is 9.73. The molecule has 166 valence electrons. The van der Waals surface area contributed by atoms with Gasteiger partial charge >= 0.3 is 0 Å². The summed E-state index contributed by atoms with van der Waals surface area (Å²) in [6.45, 7) is 3.51. The number of amidine groups is 1. The third-order valence-electron chi connectivity index (χ3n) is 4.43. The zero-order chi connectivity index (χ0) is 23.3. The van der Waals surface area contributed by atoms with Gasteiger partial charge in [-0.25, -0.2) is 9.67 Å². The van der Waals surface area contributed by atoms with Crippen LogP contribution in [0.1, 0.15) is 27.3 Å². The van der Waals surface area contributed by atoms with E-state index < -0.39 is 5.91 Å². The summed E-state index contributed by atoms with van der Waals surface area (Å²) in [6.07, 6.45) is 1.56. The molecular weight excluding hydrogens is 410 g/mol. The molecule has 2 amide bonds. The SMILES string of the molecule is Cc1cc(C)n(-c2ccc(/C(N)=N\OCC(=O)Nc3cccc(C(=O)N(C)C)c3)cn2)n1. The molecule has 3 rings (SSSR count). The Morgan fingerprint density at radius 3 is 2.56 bits per heavy atom. The number of carbonyl (C=O) groups is 2. The van der Waals surface area contributed by atoms with Gasteiger partial charge in [0.1, 0.15) is 0 Å². The minimum Gasteiger partial charge on any atom is -0.384 e. The van der Waals surface area contributed by atoms with Crippen LogP contribution < -0.4 is 11.1 Å². The quantitative estimate of drug-likeness (QED) is 0.331. The van der Waals surface area contributed by atoms with Crippen LogP contribution in [0, 0.1) is 13.8 Å². The maximum atomic E-state index is 12.1. The number of hydrogen-bond acceptors (Lipinski definition) is 6. The first-order valence-corrected chi connectivity index (χ1v) is 9.81. The van der Waals surface area contributed by atoms with Crippen LogP contribution in [0.3, 0.4) is 0 Å². The molecule has 3 aromatic rings. The molecule has 0 aliphatic heterocycles. The van der Waals surface area contributed by atoms with Gasteiger partial charge < -0.3 is 20.8 Å². The number of oxime groups is 1. The number of rotatable bonds is 7. The van der Waals surface area contributed by atoms with Gasteiger partial charge in [-0.15, -0.1) is 0 Å². The van der Waals surface area contributed by atoms with Crippen LogP contribution in [0.15, 0.2) is 53.8 Å². The Balaban J connectivity index is 1.56. The largest absolute Gasteiger partial charge is 0.384 e. The Hall–Kier alpha value is -4.21. The smallest absolute Gasteiger partial charge is 0.265 e. The number of aromatic nitrogens is 3. The maximum Gasteiger partial charge on any atom is 0.265 e. The summed E-state index contributed by atoms with van der Waals surface area (Å²) in [4.78, 5) is 35.0. The number of nitrogens with one attached hydrogen (secondary N) is 1. The molecule has 1 aromatic carbocycles. The van der Waals surface area contributed by atoms with Crippen LogP contribution in [0.2, 0.25) is 0 Å². The number of nitrogens with two attached hydrogens (primary N) is 1. The summed E-state index contributed by atoms with van der Waals surface area (Å²) < 4.78 is 1.73. The Morgan fingerprint density at radius 2 is 1.94 bits per heavy atom. The van der Waals surface area contributed by atoms with Gasteiger partial charge in [-0.1, -0.05) is 11.2 Å². The van der Waals surface area contributed by atoms with Crippen molar-refractivity contribution < 1.29 is 14.4 Å². The van der Waals surface area contributed by atoms with Crippen LogP contribution in [0.5, 0.6) is 0 Å². The van der Waals surface area contributed by atoms with Crippen molar-refractivity contribution in [1.29, 1.82) is 0 Å². The predicted octanol–water partition coefficient (Wildman–Crippen LogP) is 1.86. The summed E-state index contributed by atoms with van der Waals surface area (Å²) in [6, 6.07) is 12.1. The normalized spacial score (nSPS) is 11.2. The summed E-state index contributed by atoms with van der Waals surface area (Å²) >= 11 is 0. The fraction of sp³-hybridized carbons (Fsp3) is 0.227. The molecule has 0 saturated heterocycles. The molecule has 0 unspecified atom stereocenters. The van der Waals surface area contributed by atoms with Gasteiger partial charge in [0, 0.05) is 42.8 Å². The highest BCUT2D eigenvalue weighted by molar-refractivity contribution is 5.98. The molecule has 32 heavy (non-hydrogen) atoms. The monoisotopic (exact) mass is 435 g/mol. The van der Waals surface area contributed by atoms with E-state index in [0.29, 0.717) is 22.6 Å². The lowest BCUT2D eigenvalue weighted by atomic mass is 10.2. The van der Waals surface area contributed by atoms with E-state index in [0.717, 1.165) is 11.4 Å². The van der Waals surface area contributed by atoms with Crippen LogP contribution >= 0.6 is 0 Å². The first-order valence-electron chi connectivity index (χ1n) is 9.81.